The van der Waals surface area contributed by atoms with Gasteiger partial charge in [-0.2, -0.15) is 0 Å². The van der Waals surface area contributed by atoms with Gasteiger partial charge in [0.1, 0.15) is 16.9 Å². The van der Waals surface area contributed by atoms with Crippen LogP contribution in [0.1, 0.15) is 26.3 Å². The van der Waals surface area contributed by atoms with Gasteiger partial charge in [0.2, 0.25) is 0 Å². The first kappa shape index (κ1) is 14.0. The molecule has 94 valence electrons. The molecule has 0 heterocycles. The van der Waals surface area contributed by atoms with E-state index in [1.165, 1.54) is 0 Å². The number of ether oxygens (including phenoxy) is 2. The lowest BCUT2D eigenvalue weighted by atomic mass is 10.1. The Morgan fingerprint density at radius 1 is 1.24 bits per heavy atom. The quantitative estimate of drug-likeness (QED) is 0.632. The van der Waals surface area contributed by atoms with Crippen LogP contribution in [0.3, 0.4) is 0 Å². The Balaban J connectivity index is 2.54. The minimum absolute atomic E-state index is 0.216. The van der Waals surface area contributed by atoms with E-state index in [1.54, 1.807) is 0 Å². The molecule has 0 aliphatic rings. The van der Waals surface area contributed by atoms with Crippen molar-refractivity contribution in [3.8, 4) is 5.75 Å². The van der Waals surface area contributed by atoms with Crippen LogP contribution in [0.15, 0.2) is 24.3 Å². The van der Waals surface area contributed by atoms with Crippen molar-refractivity contribution < 1.29 is 14.3 Å². The summed E-state index contributed by atoms with van der Waals surface area (Å²) in [6.07, 6.45) is 0.284. The Labute approximate surface area is 110 Å². The highest BCUT2D eigenvalue weighted by molar-refractivity contribution is 9.09. The zero-order valence-corrected chi connectivity index (χ0v) is 11.9. The van der Waals surface area contributed by atoms with Crippen molar-refractivity contribution >= 4 is 21.9 Å². The molecular weight excluding hydrogens is 284 g/mol. The Hall–Kier alpha value is -1.03. The molecule has 0 spiro atoms. The van der Waals surface area contributed by atoms with Gasteiger partial charge in [-0.3, -0.25) is 4.79 Å². The van der Waals surface area contributed by atoms with E-state index in [9.17, 15) is 4.79 Å². The number of rotatable bonds is 4. The molecule has 17 heavy (non-hydrogen) atoms. The van der Waals surface area contributed by atoms with Crippen LogP contribution in [0.25, 0.3) is 0 Å². The van der Waals surface area contributed by atoms with Gasteiger partial charge in [0.05, 0.1) is 6.42 Å². The topological polar surface area (TPSA) is 35.5 Å². The Morgan fingerprint density at radius 3 is 2.29 bits per heavy atom. The lowest BCUT2D eigenvalue weighted by Gasteiger charge is -2.19. The molecule has 0 saturated carbocycles. The van der Waals surface area contributed by atoms with Gasteiger partial charge < -0.3 is 9.47 Å². The highest BCUT2D eigenvalue weighted by Crippen LogP contribution is 2.15. The fourth-order valence-electron chi connectivity index (χ4n) is 1.31. The van der Waals surface area contributed by atoms with Gasteiger partial charge in [-0.15, -0.1) is 0 Å². The van der Waals surface area contributed by atoms with Crippen molar-refractivity contribution in [3.05, 3.63) is 29.8 Å². The van der Waals surface area contributed by atoms with Gasteiger partial charge in [-0.25, -0.2) is 0 Å². The van der Waals surface area contributed by atoms with E-state index in [-0.39, 0.29) is 12.4 Å². The largest absolute Gasteiger partial charge is 0.482 e. The van der Waals surface area contributed by atoms with E-state index in [4.69, 9.17) is 9.47 Å². The highest BCUT2D eigenvalue weighted by Gasteiger charge is 2.16. The molecule has 0 atom stereocenters. The molecule has 0 aliphatic heterocycles. The van der Waals surface area contributed by atoms with E-state index in [1.807, 2.05) is 45.0 Å². The summed E-state index contributed by atoms with van der Waals surface area (Å²) < 4.78 is 10.5. The lowest BCUT2D eigenvalue weighted by Crippen LogP contribution is -2.24. The molecule has 4 heteroatoms. The predicted molar refractivity (Wildman–Crippen MR) is 70.4 cm³/mol. The van der Waals surface area contributed by atoms with E-state index < -0.39 is 5.60 Å². The van der Waals surface area contributed by atoms with Crippen molar-refractivity contribution in [2.75, 3.05) is 5.52 Å². The lowest BCUT2D eigenvalue weighted by molar-refractivity contribution is -0.153. The number of alkyl halides is 1. The number of hydrogen-bond donors (Lipinski definition) is 0. The summed E-state index contributed by atoms with van der Waals surface area (Å²) in [4.78, 5) is 11.6. The van der Waals surface area contributed by atoms with Gasteiger partial charge in [-0.1, -0.05) is 12.1 Å². The summed E-state index contributed by atoms with van der Waals surface area (Å²) >= 11 is 3.18. The molecule has 0 N–H and O–H groups in total. The van der Waals surface area contributed by atoms with Crippen LogP contribution in [-0.2, 0) is 16.0 Å². The maximum atomic E-state index is 11.6. The van der Waals surface area contributed by atoms with Gasteiger partial charge in [0.15, 0.2) is 0 Å². The molecule has 0 unspecified atom stereocenters. The van der Waals surface area contributed by atoms with Gasteiger partial charge >= 0.3 is 5.97 Å². The van der Waals surface area contributed by atoms with Gasteiger partial charge in [-0.05, 0) is 54.4 Å². The fourth-order valence-corrected chi connectivity index (χ4v) is 1.58. The molecule has 1 aromatic carbocycles. The number of carbonyl (C=O) groups is 1. The molecule has 0 aromatic heterocycles. The van der Waals surface area contributed by atoms with Crippen LogP contribution in [0.2, 0.25) is 0 Å². The molecule has 1 rings (SSSR count). The summed E-state index contributed by atoms with van der Waals surface area (Å²) in [5.74, 6) is 0.557. The van der Waals surface area contributed by atoms with Gasteiger partial charge in [0.25, 0.3) is 0 Å². The summed E-state index contributed by atoms with van der Waals surface area (Å²) in [6, 6.07) is 7.39. The molecule has 0 bridgehead atoms. The van der Waals surface area contributed by atoms with Crippen LogP contribution in [-0.4, -0.2) is 17.1 Å². The van der Waals surface area contributed by atoms with Gasteiger partial charge in [0, 0.05) is 0 Å². The van der Waals surface area contributed by atoms with Crippen LogP contribution < -0.4 is 4.74 Å². The number of esters is 1. The Bertz CT molecular complexity index is 365. The third-order valence-electron chi connectivity index (χ3n) is 1.91. The average Bonchev–Trinajstić information content (AvgIpc) is 2.18. The second kappa shape index (κ2) is 6.05. The number of hydrogen-bond acceptors (Lipinski definition) is 3. The van der Waals surface area contributed by atoms with Crippen LogP contribution in [0, 0.1) is 0 Å². The normalized spacial score (nSPS) is 11.1. The predicted octanol–water partition coefficient (Wildman–Crippen LogP) is 3.30. The van der Waals surface area contributed by atoms with E-state index >= 15 is 0 Å². The molecule has 3 nitrogen and oxygen atoms in total. The summed E-state index contributed by atoms with van der Waals surface area (Å²) in [5.41, 5.74) is 0.940. The number of halogens is 1. The first-order chi connectivity index (χ1) is 7.90. The van der Waals surface area contributed by atoms with Crippen molar-refractivity contribution in [1.82, 2.24) is 0 Å². The zero-order valence-electron chi connectivity index (χ0n) is 10.3. The standard InChI is InChI=1S/C13H17BrO3/c1-13(2,3)17-12(15)8-10-4-6-11(7-5-10)16-9-14/h4-7H,8-9H2,1-3H3. The van der Waals surface area contributed by atoms with Crippen LogP contribution in [0.4, 0.5) is 0 Å². The minimum Gasteiger partial charge on any atom is -0.482 e. The first-order valence-corrected chi connectivity index (χ1v) is 6.52. The summed E-state index contributed by atoms with van der Waals surface area (Å²) in [6.45, 7) is 5.58. The zero-order chi connectivity index (χ0) is 12.9. The molecule has 0 radical (unpaired) electrons. The maximum absolute atomic E-state index is 11.6. The third-order valence-corrected chi connectivity index (χ3v) is 2.14. The Morgan fingerprint density at radius 2 is 1.82 bits per heavy atom. The smallest absolute Gasteiger partial charge is 0.310 e. The first-order valence-electron chi connectivity index (χ1n) is 5.40. The molecule has 0 aliphatic carbocycles. The van der Waals surface area contributed by atoms with E-state index in [2.05, 4.69) is 15.9 Å². The SMILES string of the molecule is CC(C)(C)OC(=O)Cc1ccc(OCBr)cc1. The summed E-state index contributed by atoms with van der Waals surface area (Å²) in [5, 5.41) is 0. The van der Waals surface area contributed by atoms with E-state index in [0.717, 1.165) is 11.3 Å². The summed E-state index contributed by atoms with van der Waals surface area (Å²) in [7, 11) is 0. The molecular formula is C13H17BrO3. The highest BCUT2D eigenvalue weighted by atomic mass is 79.9. The third kappa shape index (κ3) is 5.73. The van der Waals surface area contributed by atoms with Crippen molar-refractivity contribution in [2.45, 2.75) is 32.8 Å². The second-order valence-corrected chi connectivity index (χ2v) is 5.12. The maximum Gasteiger partial charge on any atom is 0.310 e. The second-order valence-electron chi connectivity index (χ2n) is 4.66. The monoisotopic (exact) mass is 300 g/mol. The molecule has 0 saturated heterocycles. The minimum atomic E-state index is -0.434. The van der Waals surface area contributed by atoms with Crippen molar-refractivity contribution in [3.63, 3.8) is 0 Å². The van der Waals surface area contributed by atoms with Crippen LogP contribution in [0.5, 0.6) is 5.75 Å². The van der Waals surface area contributed by atoms with E-state index in [0.29, 0.717) is 5.52 Å². The van der Waals surface area contributed by atoms with Crippen molar-refractivity contribution in [2.24, 2.45) is 0 Å². The fraction of sp³-hybridized carbons (Fsp3) is 0.462. The average molecular weight is 301 g/mol. The number of carbonyl (C=O) groups excluding carboxylic acids is 1. The Kier molecular flexibility index (Phi) is 5.00. The molecule has 0 amide bonds. The molecule has 0 fully saturated rings. The number of benzene rings is 1. The van der Waals surface area contributed by atoms with Crippen LogP contribution >= 0.6 is 15.9 Å². The molecule has 1 aromatic rings. The van der Waals surface area contributed by atoms with Crippen molar-refractivity contribution in [1.29, 1.82) is 0 Å².